The van der Waals surface area contributed by atoms with Crippen LogP contribution < -0.4 is 0 Å². The molecule has 1 unspecified atom stereocenters. The summed E-state index contributed by atoms with van der Waals surface area (Å²) in [6.45, 7) is 2.69. The van der Waals surface area contributed by atoms with Gasteiger partial charge >= 0.3 is 0 Å². The van der Waals surface area contributed by atoms with Crippen molar-refractivity contribution in [2.75, 3.05) is 26.2 Å². The molecule has 158 valence electrons. The highest BCUT2D eigenvalue weighted by molar-refractivity contribution is 5.96. The zero-order chi connectivity index (χ0) is 21.3. The molecule has 2 aliphatic heterocycles. The molecule has 0 saturated carbocycles. The quantitative estimate of drug-likeness (QED) is 0.696. The van der Waals surface area contributed by atoms with Crippen molar-refractivity contribution in [3.63, 3.8) is 0 Å². The normalized spacial score (nSPS) is 20.7. The van der Waals surface area contributed by atoms with Gasteiger partial charge in [-0.2, -0.15) is 5.10 Å². The Kier molecular flexibility index (Phi) is 5.06. The smallest absolute Gasteiger partial charge is 0.253 e. The van der Waals surface area contributed by atoms with Gasteiger partial charge in [-0.05, 0) is 48.6 Å². The fourth-order valence-electron chi connectivity index (χ4n) is 4.83. The summed E-state index contributed by atoms with van der Waals surface area (Å²) < 4.78 is 0. The molecule has 1 atom stereocenters. The lowest BCUT2D eigenvalue weighted by atomic mass is 9.85. The van der Waals surface area contributed by atoms with Gasteiger partial charge in [-0.25, -0.2) is 0 Å². The highest BCUT2D eigenvalue weighted by atomic mass is 16.2. The second kappa shape index (κ2) is 8.02. The maximum absolute atomic E-state index is 13.2. The molecule has 1 aromatic heterocycles. The Morgan fingerprint density at radius 3 is 2.52 bits per heavy atom. The second-order valence-corrected chi connectivity index (χ2v) is 8.58. The summed E-state index contributed by atoms with van der Waals surface area (Å²) in [5.41, 5.74) is 3.42. The lowest BCUT2D eigenvalue weighted by Crippen LogP contribution is -2.39. The maximum Gasteiger partial charge on any atom is 0.253 e. The number of carbonyl (C=O) groups is 2. The molecular formula is C25H26N4O2. The van der Waals surface area contributed by atoms with Gasteiger partial charge in [-0.1, -0.05) is 42.5 Å². The molecule has 6 heteroatoms. The summed E-state index contributed by atoms with van der Waals surface area (Å²) in [5.74, 6) is 0.219. The largest absolute Gasteiger partial charge is 0.342 e. The van der Waals surface area contributed by atoms with Crippen LogP contribution in [0, 0.1) is 5.41 Å². The number of aromatic amines is 1. The van der Waals surface area contributed by atoms with E-state index in [0.29, 0.717) is 18.7 Å². The SMILES string of the molecule is O=C(c1ccc(-c2ccn[nH]2)cc1)N1CCC2(CCN(CCc3ccccc3)C2=O)C1. The Morgan fingerprint density at radius 1 is 1.00 bits per heavy atom. The number of hydrogen-bond donors (Lipinski definition) is 1. The van der Waals surface area contributed by atoms with E-state index in [4.69, 9.17) is 0 Å². The maximum atomic E-state index is 13.2. The van der Waals surface area contributed by atoms with Gasteiger partial charge in [0.25, 0.3) is 5.91 Å². The van der Waals surface area contributed by atoms with Crippen LogP contribution in [0.2, 0.25) is 0 Å². The first-order chi connectivity index (χ1) is 15.1. The minimum absolute atomic E-state index is 0.00331. The van der Waals surface area contributed by atoms with Gasteiger partial charge in [0.05, 0.1) is 11.1 Å². The summed E-state index contributed by atoms with van der Waals surface area (Å²) >= 11 is 0. The summed E-state index contributed by atoms with van der Waals surface area (Å²) in [6, 6.07) is 19.7. The minimum Gasteiger partial charge on any atom is -0.342 e. The van der Waals surface area contributed by atoms with E-state index in [2.05, 4.69) is 22.3 Å². The zero-order valence-corrected chi connectivity index (χ0v) is 17.5. The summed E-state index contributed by atoms with van der Waals surface area (Å²) in [5, 5.41) is 6.90. The van der Waals surface area contributed by atoms with E-state index < -0.39 is 5.41 Å². The van der Waals surface area contributed by atoms with Gasteiger partial charge < -0.3 is 9.80 Å². The number of aromatic nitrogens is 2. The summed E-state index contributed by atoms with van der Waals surface area (Å²) in [4.78, 5) is 30.1. The molecular weight excluding hydrogens is 388 g/mol. The Labute approximate surface area is 181 Å². The number of amides is 2. The number of benzene rings is 2. The molecule has 2 saturated heterocycles. The van der Waals surface area contributed by atoms with Crippen molar-refractivity contribution < 1.29 is 9.59 Å². The average molecular weight is 415 g/mol. The number of carbonyl (C=O) groups excluding carboxylic acids is 2. The monoisotopic (exact) mass is 414 g/mol. The molecule has 3 aromatic rings. The standard InChI is InChI=1S/C25H26N4O2/c30-23(21-8-6-20(7-9-21)22-10-14-26-27-22)29-17-13-25(18-29)12-16-28(24(25)31)15-11-19-4-2-1-3-5-19/h1-10,14H,11-13,15-18H2,(H,26,27). The Balaban J connectivity index is 1.22. The molecule has 2 fully saturated rings. The molecule has 5 rings (SSSR count). The molecule has 2 amide bonds. The number of nitrogens with one attached hydrogen (secondary N) is 1. The van der Waals surface area contributed by atoms with Gasteiger partial charge in [0.15, 0.2) is 0 Å². The van der Waals surface area contributed by atoms with E-state index in [9.17, 15) is 9.59 Å². The van der Waals surface area contributed by atoms with Crippen LogP contribution in [0.4, 0.5) is 0 Å². The first kappa shape index (κ1) is 19.5. The van der Waals surface area contributed by atoms with Crippen LogP contribution in [-0.2, 0) is 11.2 Å². The number of rotatable bonds is 5. The molecule has 1 N–H and O–H groups in total. The lowest BCUT2D eigenvalue weighted by Gasteiger charge is -2.24. The number of nitrogens with zero attached hydrogens (tertiary/aromatic N) is 3. The van der Waals surface area contributed by atoms with Gasteiger partial charge in [0.1, 0.15) is 0 Å². The van der Waals surface area contributed by atoms with Crippen molar-refractivity contribution in [2.45, 2.75) is 19.3 Å². The van der Waals surface area contributed by atoms with E-state index in [1.54, 1.807) is 6.20 Å². The predicted molar refractivity (Wildman–Crippen MR) is 118 cm³/mol. The molecule has 1 spiro atoms. The second-order valence-electron chi connectivity index (χ2n) is 8.58. The van der Waals surface area contributed by atoms with E-state index in [-0.39, 0.29) is 11.8 Å². The predicted octanol–water partition coefficient (Wildman–Crippen LogP) is 3.38. The van der Waals surface area contributed by atoms with Gasteiger partial charge in [0.2, 0.25) is 5.91 Å². The van der Waals surface area contributed by atoms with Crippen LogP contribution in [-0.4, -0.2) is 58.0 Å². The molecule has 0 aliphatic carbocycles. The van der Waals surface area contributed by atoms with Gasteiger partial charge in [-0.3, -0.25) is 14.7 Å². The molecule has 2 aromatic carbocycles. The molecule has 0 radical (unpaired) electrons. The van der Waals surface area contributed by atoms with Crippen molar-refractivity contribution >= 4 is 11.8 Å². The van der Waals surface area contributed by atoms with Crippen molar-refractivity contribution in [3.05, 3.63) is 78.0 Å². The van der Waals surface area contributed by atoms with Crippen LogP contribution in [0.5, 0.6) is 0 Å². The van der Waals surface area contributed by atoms with Crippen LogP contribution in [0.25, 0.3) is 11.3 Å². The summed E-state index contributed by atoms with van der Waals surface area (Å²) in [6.07, 6.45) is 4.17. The first-order valence-electron chi connectivity index (χ1n) is 10.9. The van der Waals surface area contributed by atoms with Crippen molar-refractivity contribution in [2.24, 2.45) is 5.41 Å². The minimum atomic E-state index is -0.401. The highest BCUT2D eigenvalue weighted by Crippen LogP contribution is 2.41. The third kappa shape index (κ3) is 3.74. The van der Waals surface area contributed by atoms with Crippen molar-refractivity contribution in [3.8, 4) is 11.3 Å². The number of likely N-dealkylation sites (tertiary alicyclic amines) is 2. The fourth-order valence-corrected chi connectivity index (χ4v) is 4.83. The van der Waals surface area contributed by atoms with E-state index in [1.807, 2.05) is 58.3 Å². The first-order valence-corrected chi connectivity index (χ1v) is 10.9. The van der Waals surface area contributed by atoms with Gasteiger partial charge in [0, 0.05) is 37.9 Å². The Morgan fingerprint density at radius 2 is 1.77 bits per heavy atom. The molecule has 31 heavy (non-hydrogen) atoms. The average Bonchev–Trinajstić information content (AvgIpc) is 3.56. The summed E-state index contributed by atoms with van der Waals surface area (Å²) in [7, 11) is 0. The zero-order valence-electron chi connectivity index (χ0n) is 17.5. The molecule has 0 bridgehead atoms. The Bertz CT molecular complexity index is 1060. The topological polar surface area (TPSA) is 69.3 Å². The molecule has 3 heterocycles. The van der Waals surface area contributed by atoms with Crippen LogP contribution >= 0.6 is 0 Å². The molecule has 2 aliphatic rings. The van der Waals surface area contributed by atoms with Crippen molar-refractivity contribution in [1.29, 1.82) is 0 Å². The van der Waals surface area contributed by atoms with E-state index in [0.717, 1.165) is 43.6 Å². The van der Waals surface area contributed by atoms with Crippen LogP contribution in [0.3, 0.4) is 0 Å². The Hall–Kier alpha value is -3.41. The third-order valence-electron chi connectivity index (χ3n) is 6.70. The van der Waals surface area contributed by atoms with E-state index in [1.165, 1.54) is 5.56 Å². The molecule has 6 nitrogen and oxygen atoms in total. The van der Waals surface area contributed by atoms with Crippen LogP contribution in [0.1, 0.15) is 28.8 Å². The van der Waals surface area contributed by atoms with Gasteiger partial charge in [-0.15, -0.1) is 0 Å². The van der Waals surface area contributed by atoms with Crippen LogP contribution in [0.15, 0.2) is 66.9 Å². The highest BCUT2D eigenvalue weighted by Gasteiger charge is 2.51. The van der Waals surface area contributed by atoms with Crippen molar-refractivity contribution in [1.82, 2.24) is 20.0 Å². The number of H-pyrrole nitrogens is 1. The fraction of sp³-hybridized carbons (Fsp3) is 0.320. The van der Waals surface area contributed by atoms with E-state index >= 15 is 0 Å². The number of hydrogen-bond acceptors (Lipinski definition) is 3. The lowest BCUT2D eigenvalue weighted by molar-refractivity contribution is -0.135. The third-order valence-corrected chi connectivity index (χ3v) is 6.70.